The fourth-order valence-corrected chi connectivity index (χ4v) is 3.71. The lowest BCUT2D eigenvalue weighted by atomic mass is 10.1. The summed E-state index contributed by atoms with van der Waals surface area (Å²) in [7, 11) is 0. The molecule has 4 rings (SSSR count). The molecule has 1 amide bonds. The number of aliphatic hydroxyl groups excluding tert-OH is 1. The van der Waals surface area contributed by atoms with Crippen LogP contribution in [-0.4, -0.2) is 32.3 Å². The molecule has 1 fully saturated rings. The molecule has 0 aliphatic heterocycles. The molecular formula is C23H26F2N4O2. The highest BCUT2D eigenvalue weighted by atomic mass is 19.1. The Hall–Kier alpha value is -2.87. The number of carbonyl (C=O) groups excluding carboxylic acids is 1. The summed E-state index contributed by atoms with van der Waals surface area (Å²) in [5, 5.41) is 18.3. The number of aliphatic hydroxyl groups is 1. The quantitative estimate of drug-likeness (QED) is 0.641. The second kappa shape index (κ2) is 7.67. The zero-order valence-corrected chi connectivity index (χ0v) is 18.0. The molecule has 3 aromatic rings. The molecule has 1 aromatic carbocycles. The Morgan fingerprint density at radius 2 is 2.00 bits per heavy atom. The molecule has 2 aromatic heterocycles. The van der Waals surface area contributed by atoms with E-state index in [1.165, 1.54) is 6.07 Å². The Morgan fingerprint density at radius 1 is 1.29 bits per heavy atom. The van der Waals surface area contributed by atoms with Crippen LogP contribution < -0.4 is 5.32 Å². The normalized spacial score (nSPS) is 15.3. The zero-order chi connectivity index (χ0) is 22.5. The van der Waals surface area contributed by atoms with E-state index in [-0.39, 0.29) is 17.6 Å². The first-order valence-electron chi connectivity index (χ1n) is 10.4. The Balaban J connectivity index is 1.66. The standard InChI is InChI=1S/C23H26F2N4O2/c1-12-20-16(22(31)26-11-19(30)15-8-7-14(24)9-17(15)25)10-18(13-5-6-13)27-21(20)29(28-12)23(2,3)4/h7-10,13,19,30H,5-6,11H2,1-4H3,(H,26,31). The molecule has 0 saturated heterocycles. The van der Waals surface area contributed by atoms with Gasteiger partial charge in [0.05, 0.1) is 28.3 Å². The number of carbonyl (C=O) groups is 1. The van der Waals surface area contributed by atoms with E-state index in [0.29, 0.717) is 34.3 Å². The number of benzene rings is 1. The van der Waals surface area contributed by atoms with Gasteiger partial charge in [-0.05, 0) is 52.7 Å². The summed E-state index contributed by atoms with van der Waals surface area (Å²) in [5.74, 6) is -1.65. The van der Waals surface area contributed by atoms with Gasteiger partial charge in [0.2, 0.25) is 0 Å². The number of aromatic nitrogens is 3. The number of fused-ring (bicyclic) bond motifs is 1. The van der Waals surface area contributed by atoms with Gasteiger partial charge in [0, 0.05) is 29.8 Å². The van der Waals surface area contributed by atoms with E-state index < -0.39 is 23.6 Å². The minimum absolute atomic E-state index is 0.0722. The van der Waals surface area contributed by atoms with Crippen LogP contribution in [0, 0.1) is 18.6 Å². The van der Waals surface area contributed by atoms with Crippen molar-refractivity contribution in [3.63, 3.8) is 0 Å². The summed E-state index contributed by atoms with van der Waals surface area (Å²) < 4.78 is 28.9. The van der Waals surface area contributed by atoms with Crippen molar-refractivity contribution in [2.75, 3.05) is 6.54 Å². The van der Waals surface area contributed by atoms with Gasteiger partial charge >= 0.3 is 0 Å². The second-order valence-electron chi connectivity index (χ2n) is 9.13. The van der Waals surface area contributed by atoms with Gasteiger partial charge in [-0.15, -0.1) is 0 Å². The van der Waals surface area contributed by atoms with Crippen molar-refractivity contribution >= 4 is 16.9 Å². The first-order valence-corrected chi connectivity index (χ1v) is 10.4. The monoisotopic (exact) mass is 428 g/mol. The van der Waals surface area contributed by atoms with Crippen LogP contribution in [0.2, 0.25) is 0 Å². The van der Waals surface area contributed by atoms with Crippen LogP contribution in [0.5, 0.6) is 0 Å². The van der Waals surface area contributed by atoms with Crippen molar-refractivity contribution < 1.29 is 18.7 Å². The summed E-state index contributed by atoms with van der Waals surface area (Å²) in [6.07, 6.45) is 0.762. The van der Waals surface area contributed by atoms with Gasteiger partial charge in [-0.1, -0.05) is 6.07 Å². The molecule has 0 spiro atoms. The van der Waals surface area contributed by atoms with Gasteiger partial charge in [-0.3, -0.25) is 4.79 Å². The lowest BCUT2D eigenvalue weighted by molar-refractivity contribution is 0.0915. The zero-order valence-electron chi connectivity index (χ0n) is 18.0. The maximum Gasteiger partial charge on any atom is 0.252 e. The van der Waals surface area contributed by atoms with E-state index in [1.54, 1.807) is 6.07 Å². The van der Waals surface area contributed by atoms with Crippen LogP contribution in [0.3, 0.4) is 0 Å². The van der Waals surface area contributed by atoms with Crippen LogP contribution in [0.4, 0.5) is 8.78 Å². The van der Waals surface area contributed by atoms with Crippen molar-refractivity contribution in [3.8, 4) is 0 Å². The molecule has 2 N–H and O–H groups in total. The van der Waals surface area contributed by atoms with Crippen molar-refractivity contribution in [1.82, 2.24) is 20.1 Å². The first kappa shape index (κ1) is 21.4. The molecule has 1 aliphatic rings. The van der Waals surface area contributed by atoms with E-state index >= 15 is 0 Å². The molecule has 1 saturated carbocycles. The molecular weight excluding hydrogens is 402 g/mol. The van der Waals surface area contributed by atoms with Gasteiger partial charge in [0.1, 0.15) is 11.6 Å². The van der Waals surface area contributed by atoms with Gasteiger partial charge in [-0.25, -0.2) is 18.4 Å². The molecule has 1 atom stereocenters. The van der Waals surface area contributed by atoms with Gasteiger partial charge < -0.3 is 10.4 Å². The second-order valence-corrected chi connectivity index (χ2v) is 9.13. The summed E-state index contributed by atoms with van der Waals surface area (Å²) in [4.78, 5) is 17.9. The van der Waals surface area contributed by atoms with Crippen LogP contribution in [-0.2, 0) is 5.54 Å². The van der Waals surface area contributed by atoms with Crippen LogP contribution in [0.25, 0.3) is 11.0 Å². The summed E-state index contributed by atoms with van der Waals surface area (Å²) >= 11 is 0. The lowest BCUT2D eigenvalue weighted by Crippen LogP contribution is -2.29. The highest BCUT2D eigenvalue weighted by Crippen LogP contribution is 2.41. The molecule has 1 unspecified atom stereocenters. The molecule has 1 aliphatic carbocycles. The average molecular weight is 428 g/mol. The van der Waals surface area contributed by atoms with Crippen LogP contribution >= 0.6 is 0 Å². The number of aryl methyl sites for hydroxylation is 1. The van der Waals surface area contributed by atoms with E-state index in [4.69, 9.17) is 4.98 Å². The summed E-state index contributed by atoms with van der Waals surface area (Å²) in [6.45, 7) is 7.70. The van der Waals surface area contributed by atoms with E-state index in [2.05, 4.69) is 10.4 Å². The first-order chi connectivity index (χ1) is 14.6. The number of nitrogens with one attached hydrogen (secondary N) is 1. The molecule has 31 heavy (non-hydrogen) atoms. The summed E-state index contributed by atoms with van der Waals surface area (Å²) in [6, 6.07) is 4.75. The topological polar surface area (TPSA) is 80.0 Å². The molecule has 164 valence electrons. The van der Waals surface area contributed by atoms with Crippen molar-refractivity contribution in [1.29, 1.82) is 0 Å². The number of amides is 1. The van der Waals surface area contributed by atoms with E-state index in [0.717, 1.165) is 24.6 Å². The number of nitrogens with zero attached hydrogens (tertiary/aromatic N) is 3. The fraction of sp³-hybridized carbons (Fsp3) is 0.435. The third-order valence-corrected chi connectivity index (χ3v) is 5.49. The molecule has 0 bridgehead atoms. The highest BCUT2D eigenvalue weighted by molar-refractivity contribution is 6.06. The van der Waals surface area contributed by atoms with Crippen molar-refractivity contribution in [2.45, 2.75) is 58.1 Å². The minimum Gasteiger partial charge on any atom is -0.386 e. The minimum atomic E-state index is -1.30. The third kappa shape index (κ3) is 4.17. The fourth-order valence-electron chi connectivity index (χ4n) is 3.71. The Morgan fingerprint density at radius 3 is 2.61 bits per heavy atom. The Bertz CT molecular complexity index is 1160. The number of halogens is 2. The number of pyridine rings is 1. The predicted molar refractivity (Wildman–Crippen MR) is 113 cm³/mol. The number of hydrogen-bond donors (Lipinski definition) is 2. The lowest BCUT2D eigenvalue weighted by Gasteiger charge is -2.20. The maximum absolute atomic E-state index is 13.9. The Kier molecular flexibility index (Phi) is 5.29. The van der Waals surface area contributed by atoms with Crippen LogP contribution in [0.1, 0.15) is 72.9 Å². The van der Waals surface area contributed by atoms with Crippen LogP contribution in [0.15, 0.2) is 24.3 Å². The van der Waals surface area contributed by atoms with Gasteiger partial charge in [-0.2, -0.15) is 5.10 Å². The smallest absolute Gasteiger partial charge is 0.252 e. The van der Waals surface area contributed by atoms with Gasteiger partial charge in [0.25, 0.3) is 5.91 Å². The highest BCUT2D eigenvalue weighted by Gasteiger charge is 2.30. The third-order valence-electron chi connectivity index (χ3n) is 5.49. The molecule has 6 nitrogen and oxygen atoms in total. The van der Waals surface area contributed by atoms with Gasteiger partial charge in [0.15, 0.2) is 5.65 Å². The van der Waals surface area contributed by atoms with E-state index in [9.17, 15) is 18.7 Å². The van der Waals surface area contributed by atoms with Crippen molar-refractivity contribution in [2.24, 2.45) is 0 Å². The molecule has 2 heterocycles. The van der Waals surface area contributed by atoms with Crippen molar-refractivity contribution in [3.05, 3.63) is 58.4 Å². The molecule has 8 heteroatoms. The largest absolute Gasteiger partial charge is 0.386 e. The maximum atomic E-state index is 13.9. The number of rotatable bonds is 5. The predicted octanol–water partition coefficient (Wildman–Crippen LogP) is 4.11. The number of hydrogen-bond acceptors (Lipinski definition) is 4. The SMILES string of the molecule is Cc1nn(C(C)(C)C)c2nc(C3CC3)cc(C(=O)NCC(O)c3ccc(F)cc3F)c12. The Labute approximate surface area is 179 Å². The summed E-state index contributed by atoms with van der Waals surface area (Å²) in [5.41, 5.74) is 2.25. The average Bonchev–Trinajstić information content (AvgIpc) is 3.48. The molecule has 0 radical (unpaired) electrons. The van der Waals surface area contributed by atoms with E-state index in [1.807, 2.05) is 32.4 Å².